The molecule has 0 heterocycles. The maximum Gasteiger partial charge on any atom is 0.243 e. The summed E-state index contributed by atoms with van der Waals surface area (Å²) >= 11 is 3.23. The van der Waals surface area contributed by atoms with E-state index >= 15 is 0 Å². The molecule has 0 spiro atoms. The fourth-order valence-electron chi connectivity index (χ4n) is 2.00. The molecule has 0 aromatic heterocycles. The minimum atomic E-state index is -3.69. The Labute approximate surface area is 115 Å². The fourth-order valence-corrected chi connectivity index (χ4v) is 3.94. The second kappa shape index (κ2) is 4.80. The zero-order valence-corrected chi connectivity index (χ0v) is 12.1. The second-order valence-electron chi connectivity index (χ2n) is 4.58. The molecule has 0 bridgehead atoms. The van der Waals surface area contributed by atoms with Crippen LogP contribution < -0.4 is 10.5 Å². The highest BCUT2D eigenvalue weighted by molar-refractivity contribution is 9.10. The molecule has 0 atom stereocenters. The molecular formula is C11H15BrN2O3S. The molecule has 1 aliphatic rings. The molecule has 1 aromatic rings. The van der Waals surface area contributed by atoms with Crippen LogP contribution in [0.3, 0.4) is 0 Å². The van der Waals surface area contributed by atoms with Crippen LogP contribution in [0.2, 0.25) is 0 Å². The lowest BCUT2D eigenvalue weighted by molar-refractivity contribution is 0.110. The number of anilines is 1. The number of nitrogen functional groups attached to an aromatic ring is 1. The van der Waals surface area contributed by atoms with Gasteiger partial charge in [-0.2, -0.15) is 0 Å². The van der Waals surface area contributed by atoms with Crippen molar-refractivity contribution in [3.8, 4) is 0 Å². The molecule has 1 aromatic carbocycles. The average molecular weight is 335 g/mol. The first-order chi connectivity index (χ1) is 8.38. The van der Waals surface area contributed by atoms with Crippen molar-refractivity contribution < 1.29 is 13.5 Å². The number of hydrogen-bond donors (Lipinski definition) is 3. The lowest BCUT2D eigenvalue weighted by Gasteiger charge is -2.40. The van der Waals surface area contributed by atoms with Gasteiger partial charge in [0, 0.05) is 4.47 Å². The zero-order valence-electron chi connectivity index (χ0n) is 9.69. The predicted molar refractivity (Wildman–Crippen MR) is 72.5 cm³/mol. The molecule has 0 unspecified atom stereocenters. The van der Waals surface area contributed by atoms with E-state index in [0.29, 0.717) is 12.8 Å². The highest BCUT2D eigenvalue weighted by atomic mass is 79.9. The number of aliphatic hydroxyl groups excluding tert-OH is 1. The van der Waals surface area contributed by atoms with Crippen molar-refractivity contribution in [1.82, 2.24) is 4.72 Å². The molecule has 4 N–H and O–H groups in total. The van der Waals surface area contributed by atoms with E-state index in [4.69, 9.17) is 5.73 Å². The van der Waals surface area contributed by atoms with Gasteiger partial charge in [-0.3, -0.25) is 0 Å². The molecule has 7 heteroatoms. The average Bonchev–Trinajstić information content (AvgIpc) is 2.23. The van der Waals surface area contributed by atoms with Crippen molar-refractivity contribution in [2.24, 2.45) is 0 Å². The van der Waals surface area contributed by atoms with Crippen LogP contribution in [0.4, 0.5) is 5.69 Å². The van der Waals surface area contributed by atoms with Gasteiger partial charge in [-0.15, -0.1) is 0 Å². The van der Waals surface area contributed by atoms with Crippen LogP contribution in [-0.4, -0.2) is 25.7 Å². The van der Waals surface area contributed by atoms with Crippen molar-refractivity contribution in [2.75, 3.05) is 12.3 Å². The standard InChI is InChI=1S/C11H15BrN2O3S/c12-8-2-3-10(9(13)6-8)18(16,17)14-11(7-15)4-1-5-11/h2-3,6,14-15H,1,4-5,7,13H2. The Hall–Kier alpha value is -0.630. The van der Waals surface area contributed by atoms with Crippen LogP contribution in [-0.2, 0) is 10.0 Å². The number of nitrogens with two attached hydrogens (primary N) is 1. The van der Waals surface area contributed by atoms with E-state index in [1.807, 2.05) is 0 Å². The van der Waals surface area contributed by atoms with Gasteiger partial charge in [-0.25, -0.2) is 13.1 Å². The molecule has 2 rings (SSSR count). The fraction of sp³-hybridized carbons (Fsp3) is 0.455. The van der Waals surface area contributed by atoms with E-state index in [-0.39, 0.29) is 17.2 Å². The van der Waals surface area contributed by atoms with E-state index in [2.05, 4.69) is 20.7 Å². The number of hydrogen-bond acceptors (Lipinski definition) is 4. The first-order valence-electron chi connectivity index (χ1n) is 5.58. The van der Waals surface area contributed by atoms with Crippen LogP contribution in [0, 0.1) is 0 Å². The third-order valence-corrected chi connectivity index (χ3v) is 5.37. The maximum atomic E-state index is 12.2. The lowest BCUT2D eigenvalue weighted by Crippen LogP contribution is -2.56. The summed E-state index contributed by atoms with van der Waals surface area (Å²) in [5, 5.41) is 9.29. The minimum absolute atomic E-state index is 0.0467. The minimum Gasteiger partial charge on any atom is -0.398 e. The Balaban J connectivity index is 2.31. The molecule has 1 saturated carbocycles. The smallest absolute Gasteiger partial charge is 0.243 e. The van der Waals surface area contributed by atoms with Crippen molar-refractivity contribution in [1.29, 1.82) is 0 Å². The molecule has 100 valence electrons. The van der Waals surface area contributed by atoms with Crippen molar-refractivity contribution >= 4 is 31.6 Å². The van der Waals surface area contributed by atoms with Gasteiger partial charge in [0.05, 0.1) is 17.8 Å². The maximum absolute atomic E-state index is 12.2. The Bertz CT molecular complexity index is 550. The second-order valence-corrected chi connectivity index (χ2v) is 7.15. The summed E-state index contributed by atoms with van der Waals surface area (Å²) in [6, 6.07) is 4.61. The SMILES string of the molecule is Nc1cc(Br)ccc1S(=O)(=O)NC1(CO)CCC1. The third kappa shape index (κ3) is 2.54. The van der Waals surface area contributed by atoms with Crippen LogP contribution in [0.1, 0.15) is 19.3 Å². The van der Waals surface area contributed by atoms with E-state index in [0.717, 1.165) is 10.9 Å². The molecule has 0 amide bonds. The van der Waals surface area contributed by atoms with Gasteiger partial charge in [0.2, 0.25) is 10.0 Å². The highest BCUT2D eigenvalue weighted by Gasteiger charge is 2.40. The number of sulfonamides is 1. The lowest BCUT2D eigenvalue weighted by atomic mass is 9.78. The quantitative estimate of drug-likeness (QED) is 0.722. The molecule has 0 saturated heterocycles. The van der Waals surface area contributed by atoms with Crippen LogP contribution >= 0.6 is 15.9 Å². The normalized spacial score (nSPS) is 18.3. The molecule has 18 heavy (non-hydrogen) atoms. The first kappa shape index (κ1) is 13.8. The van der Waals surface area contributed by atoms with Gasteiger partial charge in [0.15, 0.2) is 0 Å². The van der Waals surface area contributed by atoms with E-state index < -0.39 is 15.6 Å². The Kier molecular flexibility index (Phi) is 3.68. The Morgan fingerprint density at radius 3 is 2.56 bits per heavy atom. The number of nitrogens with one attached hydrogen (secondary N) is 1. The summed E-state index contributed by atoms with van der Waals surface area (Å²) in [4.78, 5) is 0.0467. The third-order valence-electron chi connectivity index (χ3n) is 3.23. The van der Waals surface area contributed by atoms with Crippen LogP contribution in [0.25, 0.3) is 0 Å². The summed E-state index contributed by atoms with van der Waals surface area (Å²) in [6.45, 7) is -0.192. The van der Waals surface area contributed by atoms with Crippen LogP contribution in [0.5, 0.6) is 0 Å². The largest absolute Gasteiger partial charge is 0.398 e. The van der Waals surface area contributed by atoms with Gasteiger partial charge in [0.25, 0.3) is 0 Å². The highest BCUT2D eigenvalue weighted by Crippen LogP contribution is 2.33. The Morgan fingerprint density at radius 2 is 2.11 bits per heavy atom. The van der Waals surface area contributed by atoms with Crippen molar-refractivity contribution in [3.05, 3.63) is 22.7 Å². The molecule has 1 aliphatic carbocycles. The number of halogens is 1. The molecular weight excluding hydrogens is 320 g/mol. The van der Waals surface area contributed by atoms with Crippen molar-refractivity contribution in [2.45, 2.75) is 29.7 Å². The van der Waals surface area contributed by atoms with Gasteiger partial charge in [0.1, 0.15) is 4.90 Å². The topological polar surface area (TPSA) is 92.4 Å². The summed E-state index contributed by atoms with van der Waals surface area (Å²) in [6.07, 6.45) is 2.22. The molecule has 0 radical (unpaired) electrons. The van der Waals surface area contributed by atoms with Crippen LogP contribution in [0.15, 0.2) is 27.6 Å². The number of benzene rings is 1. The van der Waals surface area contributed by atoms with Gasteiger partial charge in [-0.1, -0.05) is 15.9 Å². The Morgan fingerprint density at radius 1 is 1.44 bits per heavy atom. The summed E-state index contributed by atoms with van der Waals surface area (Å²) in [5.74, 6) is 0. The molecule has 5 nitrogen and oxygen atoms in total. The van der Waals surface area contributed by atoms with Crippen molar-refractivity contribution in [3.63, 3.8) is 0 Å². The van der Waals surface area contributed by atoms with E-state index in [1.165, 1.54) is 6.07 Å². The zero-order chi connectivity index (χ0) is 13.4. The van der Waals surface area contributed by atoms with Gasteiger partial charge in [-0.05, 0) is 37.5 Å². The molecule has 1 fully saturated rings. The number of rotatable bonds is 4. The summed E-state index contributed by atoms with van der Waals surface area (Å²) in [5.41, 5.74) is 5.19. The van der Waals surface area contributed by atoms with E-state index in [9.17, 15) is 13.5 Å². The van der Waals surface area contributed by atoms with Gasteiger partial charge >= 0.3 is 0 Å². The summed E-state index contributed by atoms with van der Waals surface area (Å²) in [7, 11) is -3.69. The predicted octanol–water partition coefficient (Wildman–Crippen LogP) is 1.22. The number of aliphatic hydroxyl groups is 1. The summed E-state index contributed by atoms with van der Waals surface area (Å²) < 4.78 is 27.7. The van der Waals surface area contributed by atoms with E-state index in [1.54, 1.807) is 12.1 Å². The molecule has 0 aliphatic heterocycles. The monoisotopic (exact) mass is 334 g/mol. The van der Waals surface area contributed by atoms with Gasteiger partial charge < -0.3 is 10.8 Å². The first-order valence-corrected chi connectivity index (χ1v) is 7.86.